The highest BCUT2D eigenvalue weighted by Gasteiger charge is 2.16. The van der Waals surface area contributed by atoms with Gasteiger partial charge in [0, 0.05) is 18.6 Å². The van der Waals surface area contributed by atoms with Gasteiger partial charge in [0.15, 0.2) is 0 Å². The molecule has 21 heavy (non-hydrogen) atoms. The van der Waals surface area contributed by atoms with E-state index in [9.17, 15) is 8.42 Å². The van der Waals surface area contributed by atoms with E-state index >= 15 is 0 Å². The lowest BCUT2D eigenvalue weighted by Gasteiger charge is -2.14. The van der Waals surface area contributed by atoms with Crippen LogP contribution >= 0.6 is 0 Å². The fourth-order valence-electron chi connectivity index (χ4n) is 2.01. The largest absolute Gasteiger partial charge is 0.310 e. The molecule has 1 rings (SSSR count). The summed E-state index contributed by atoms with van der Waals surface area (Å²) in [5, 5.41) is 3.31. The molecule has 1 unspecified atom stereocenters. The molecule has 0 spiro atoms. The van der Waals surface area contributed by atoms with Gasteiger partial charge in [-0.1, -0.05) is 45.7 Å². The number of rotatable bonds is 9. The molecule has 1 aromatic carbocycles. The molecule has 0 aromatic heterocycles. The lowest BCUT2D eigenvalue weighted by Crippen LogP contribution is -2.32. The van der Waals surface area contributed by atoms with E-state index in [1.807, 2.05) is 19.1 Å². The monoisotopic (exact) mass is 312 g/mol. The highest BCUT2D eigenvalue weighted by Crippen LogP contribution is 2.12. The van der Waals surface area contributed by atoms with Crippen LogP contribution in [0.1, 0.15) is 52.5 Å². The van der Waals surface area contributed by atoms with Crippen molar-refractivity contribution in [1.82, 2.24) is 10.0 Å². The van der Waals surface area contributed by atoms with E-state index in [4.69, 9.17) is 0 Å². The molecule has 0 aliphatic carbocycles. The van der Waals surface area contributed by atoms with Crippen LogP contribution in [0.2, 0.25) is 0 Å². The molecule has 1 atom stereocenters. The molecule has 1 aromatic rings. The fraction of sp³-hybridized carbons (Fsp3) is 0.625. The average Bonchev–Trinajstić information content (AvgIpc) is 2.43. The predicted octanol–water partition coefficient (Wildman–Crippen LogP) is 3.04. The highest BCUT2D eigenvalue weighted by atomic mass is 32.2. The second-order valence-corrected chi connectivity index (χ2v) is 7.56. The van der Waals surface area contributed by atoms with Crippen molar-refractivity contribution in [3.8, 4) is 0 Å². The molecule has 5 heteroatoms. The van der Waals surface area contributed by atoms with Gasteiger partial charge in [0.05, 0.1) is 4.90 Å². The Morgan fingerprint density at radius 2 is 1.71 bits per heavy atom. The van der Waals surface area contributed by atoms with Crippen LogP contribution in [-0.4, -0.2) is 20.5 Å². The minimum atomic E-state index is -3.41. The van der Waals surface area contributed by atoms with Gasteiger partial charge in [-0.3, -0.25) is 0 Å². The average molecular weight is 312 g/mol. The first kappa shape index (κ1) is 18.1. The van der Waals surface area contributed by atoms with Crippen molar-refractivity contribution in [2.75, 3.05) is 0 Å². The van der Waals surface area contributed by atoms with Crippen molar-refractivity contribution in [2.45, 2.75) is 70.5 Å². The third kappa shape index (κ3) is 6.59. The van der Waals surface area contributed by atoms with Crippen molar-refractivity contribution in [3.05, 3.63) is 29.8 Å². The zero-order chi connectivity index (χ0) is 15.9. The quantitative estimate of drug-likeness (QED) is 0.737. The second kappa shape index (κ2) is 8.51. The standard InChI is InChI=1S/C16H28N2O2S/c1-5-6-7-14(4)18-21(19,20)16-10-8-15(9-11-16)12-17-13(2)3/h8-11,13-14,17-18H,5-7,12H2,1-4H3. The smallest absolute Gasteiger partial charge is 0.240 e. The first-order valence-electron chi connectivity index (χ1n) is 7.69. The summed E-state index contributed by atoms with van der Waals surface area (Å²) in [6.45, 7) is 8.93. The molecule has 2 N–H and O–H groups in total. The first-order valence-corrected chi connectivity index (χ1v) is 9.18. The fourth-order valence-corrected chi connectivity index (χ4v) is 3.29. The van der Waals surface area contributed by atoms with Crippen LogP contribution in [0.4, 0.5) is 0 Å². The summed E-state index contributed by atoms with van der Waals surface area (Å²) < 4.78 is 27.2. The summed E-state index contributed by atoms with van der Waals surface area (Å²) in [5.74, 6) is 0. The van der Waals surface area contributed by atoms with Crippen molar-refractivity contribution < 1.29 is 8.42 Å². The Balaban J connectivity index is 2.66. The van der Waals surface area contributed by atoms with Crippen molar-refractivity contribution in [3.63, 3.8) is 0 Å². The van der Waals surface area contributed by atoms with Crippen molar-refractivity contribution in [2.24, 2.45) is 0 Å². The van der Waals surface area contributed by atoms with E-state index in [2.05, 4.69) is 30.8 Å². The normalized spacial score (nSPS) is 13.6. The van der Waals surface area contributed by atoms with E-state index in [0.29, 0.717) is 10.9 Å². The first-order chi connectivity index (χ1) is 9.85. The number of sulfonamides is 1. The van der Waals surface area contributed by atoms with E-state index in [-0.39, 0.29) is 6.04 Å². The maximum absolute atomic E-state index is 12.3. The number of hydrogen-bond donors (Lipinski definition) is 2. The molecular formula is C16H28N2O2S. The summed E-state index contributed by atoms with van der Waals surface area (Å²) in [7, 11) is -3.41. The molecule has 0 radical (unpaired) electrons. The Kier molecular flexibility index (Phi) is 7.35. The summed E-state index contributed by atoms with van der Waals surface area (Å²) in [6.07, 6.45) is 2.97. The molecular weight excluding hydrogens is 284 g/mol. The minimum Gasteiger partial charge on any atom is -0.310 e. The molecule has 0 amide bonds. The van der Waals surface area contributed by atoms with Crippen LogP contribution in [-0.2, 0) is 16.6 Å². The predicted molar refractivity (Wildman–Crippen MR) is 87.7 cm³/mol. The van der Waals surface area contributed by atoms with Gasteiger partial charge >= 0.3 is 0 Å². The Hall–Kier alpha value is -0.910. The van der Waals surface area contributed by atoms with Crippen LogP contribution < -0.4 is 10.0 Å². The molecule has 0 heterocycles. The molecule has 0 bridgehead atoms. The lowest BCUT2D eigenvalue weighted by molar-refractivity contribution is 0.534. The molecule has 120 valence electrons. The minimum absolute atomic E-state index is 0.0303. The van der Waals surface area contributed by atoms with Crippen LogP contribution in [0, 0.1) is 0 Å². The number of hydrogen-bond acceptors (Lipinski definition) is 3. The summed E-state index contributed by atoms with van der Waals surface area (Å²) in [4.78, 5) is 0.333. The number of nitrogens with one attached hydrogen (secondary N) is 2. The summed E-state index contributed by atoms with van der Waals surface area (Å²) in [5.41, 5.74) is 1.08. The van der Waals surface area contributed by atoms with Crippen molar-refractivity contribution >= 4 is 10.0 Å². The molecule has 0 aliphatic rings. The molecule has 0 aliphatic heterocycles. The summed E-state index contributed by atoms with van der Waals surface area (Å²) in [6, 6.07) is 7.45. The van der Waals surface area contributed by atoms with Crippen LogP contribution in [0.3, 0.4) is 0 Å². The Morgan fingerprint density at radius 1 is 1.10 bits per heavy atom. The van der Waals surface area contributed by atoms with Gasteiger partial charge in [0.25, 0.3) is 0 Å². The van der Waals surface area contributed by atoms with E-state index < -0.39 is 10.0 Å². The maximum Gasteiger partial charge on any atom is 0.240 e. The van der Waals surface area contributed by atoms with E-state index in [1.165, 1.54) is 0 Å². The third-order valence-corrected chi connectivity index (χ3v) is 4.90. The van der Waals surface area contributed by atoms with Crippen LogP contribution in [0.15, 0.2) is 29.2 Å². The second-order valence-electron chi connectivity index (χ2n) is 5.84. The van der Waals surface area contributed by atoms with E-state index in [1.54, 1.807) is 12.1 Å². The Labute approximate surface area is 129 Å². The number of unbranched alkanes of at least 4 members (excludes halogenated alkanes) is 1. The maximum atomic E-state index is 12.3. The topological polar surface area (TPSA) is 58.2 Å². The van der Waals surface area contributed by atoms with E-state index in [0.717, 1.165) is 31.4 Å². The molecule has 0 saturated heterocycles. The molecule has 0 saturated carbocycles. The van der Waals surface area contributed by atoms with Gasteiger partial charge in [-0.2, -0.15) is 0 Å². The zero-order valence-electron chi connectivity index (χ0n) is 13.5. The zero-order valence-corrected chi connectivity index (χ0v) is 14.3. The van der Waals surface area contributed by atoms with Gasteiger partial charge < -0.3 is 5.32 Å². The summed E-state index contributed by atoms with van der Waals surface area (Å²) >= 11 is 0. The molecule has 0 fully saturated rings. The third-order valence-electron chi connectivity index (χ3n) is 3.30. The molecule has 4 nitrogen and oxygen atoms in total. The van der Waals surface area contributed by atoms with Gasteiger partial charge in [-0.05, 0) is 31.0 Å². The van der Waals surface area contributed by atoms with Gasteiger partial charge in [-0.15, -0.1) is 0 Å². The lowest BCUT2D eigenvalue weighted by atomic mass is 10.2. The SMILES string of the molecule is CCCCC(C)NS(=O)(=O)c1ccc(CNC(C)C)cc1. The number of benzene rings is 1. The van der Waals surface area contributed by atoms with Gasteiger partial charge in [0.1, 0.15) is 0 Å². The van der Waals surface area contributed by atoms with Crippen LogP contribution in [0.5, 0.6) is 0 Å². The van der Waals surface area contributed by atoms with Gasteiger partial charge in [-0.25, -0.2) is 13.1 Å². The Bertz CT molecular complexity index is 510. The van der Waals surface area contributed by atoms with Crippen LogP contribution in [0.25, 0.3) is 0 Å². The highest BCUT2D eigenvalue weighted by molar-refractivity contribution is 7.89. The van der Waals surface area contributed by atoms with Crippen molar-refractivity contribution in [1.29, 1.82) is 0 Å². The Morgan fingerprint density at radius 3 is 2.24 bits per heavy atom. The van der Waals surface area contributed by atoms with Gasteiger partial charge in [0.2, 0.25) is 10.0 Å².